The van der Waals surface area contributed by atoms with Gasteiger partial charge >= 0.3 is 0 Å². The topological polar surface area (TPSA) is 29.3 Å². The number of rotatable bonds is 4. The second kappa shape index (κ2) is 6.25. The summed E-state index contributed by atoms with van der Waals surface area (Å²) < 4.78 is 0. The van der Waals surface area contributed by atoms with Crippen LogP contribution in [0.4, 0.5) is 0 Å². The molecule has 1 aliphatic rings. The first-order chi connectivity index (χ1) is 9.00. The normalized spacial score (nSPS) is 20.5. The zero-order valence-corrected chi connectivity index (χ0v) is 12.8. The van der Waals surface area contributed by atoms with Gasteiger partial charge in [-0.25, -0.2) is 0 Å². The lowest BCUT2D eigenvalue weighted by Crippen LogP contribution is -2.50. The Morgan fingerprint density at radius 1 is 1.21 bits per heavy atom. The zero-order valence-electron chi connectivity index (χ0n) is 12.0. The highest BCUT2D eigenvalue weighted by molar-refractivity contribution is 6.30. The maximum absolute atomic E-state index is 6.54. The maximum atomic E-state index is 6.54. The van der Waals surface area contributed by atoms with Crippen LogP contribution in [-0.4, -0.2) is 24.0 Å². The van der Waals surface area contributed by atoms with Gasteiger partial charge in [-0.3, -0.25) is 4.90 Å². The molecule has 0 saturated heterocycles. The first-order valence-electron chi connectivity index (χ1n) is 7.25. The summed E-state index contributed by atoms with van der Waals surface area (Å²) in [6.45, 7) is 3.20. The molecule has 3 heteroatoms. The van der Waals surface area contributed by atoms with Crippen molar-refractivity contribution in [3.05, 3.63) is 34.9 Å². The number of hydrogen-bond acceptors (Lipinski definition) is 2. The number of nitrogens with zero attached hydrogens (tertiary/aromatic N) is 1. The van der Waals surface area contributed by atoms with Gasteiger partial charge < -0.3 is 5.73 Å². The molecule has 2 nitrogen and oxygen atoms in total. The van der Waals surface area contributed by atoms with Gasteiger partial charge in [0, 0.05) is 23.1 Å². The first-order valence-corrected chi connectivity index (χ1v) is 7.63. The molecule has 1 aromatic rings. The van der Waals surface area contributed by atoms with Crippen molar-refractivity contribution in [3.63, 3.8) is 0 Å². The number of hydrogen-bond donors (Lipinski definition) is 1. The van der Waals surface area contributed by atoms with Crippen molar-refractivity contribution in [3.8, 4) is 0 Å². The third-order valence-corrected chi connectivity index (χ3v) is 4.68. The zero-order chi connectivity index (χ0) is 13.9. The molecule has 0 aliphatic heterocycles. The average Bonchev–Trinajstić information content (AvgIpc) is 2.39. The SMILES string of the molecule is CC(c1ccc(Cl)cc1)N(C)CC1(N)CCCCC1. The van der Waals surface area contributed by atoms with Crippen LogP contribution in [0, 0.1) is 0 Å². The van der Waals surface area contributed by atoms with Crippen LogP contribution < -0.4 is 5.73 Å². The summed E-state index contributed by atoms with van der Waals surface area (Å²) in [6.07, 6.45) is 6.21. The fourth-order valence-electron chi connectivity index (χ4n) is 3.04. The molecule has 19 heavy (non-hydrogen) atoms. The predicted molar refractivity (Wildman–Crippen MR) is 82.5 cm³/mol. The molecule has 2 N–H and O–H groups in total. The van der Waals surface area contributed by atoms with Gasteiger partial charge in [-0.1, -0.05) is 43.0 Å². The van der Waals surface area contributed by atoms with Crippen LogP contribution in [0.5, 0.6) is 0 Å². The average molecular weight is 281 g/mol. The van der Waals surface area contributed by atoms with Gasteiger partial charge in [-0.05, 0) is 44.5 Å². The third-order valence-electron chi connectivity index (χ3n) is 4.43. The summed E-state index contributed by atoms with van der Waals surface area (Å²) in [6, 6.07) is 8.50. The van der Waals surface area contributed by atoms with Crippen molar-refractivity contribution in [2.75, 3.05) is 13.6 Å². The third kappa shape index (κ3) is 3.95. The fraction of sp³-hybridized carbons (Fsp3) is 0.625. The van der Waals surface area contributed by atoms with Gasteiger partial charge in [0.1, 0.15) is 0 Å². The molecule has 1 saturated carbocycles. The minimum atomic E-state index is 0.00762. The molecule has 1 aliphatic carbocycles. The molecule has 0 radical (unpaired) electrons. The Labute approximate surface area is 121 Å². The number of likely N-dealkylation sites (N-methyl/N-ethyl adjacent to an activating group) is 1. The van der Waals surface area contributed by atoms with E-state index in [4.69, 9.17) is 17.3 Å². The second-order valence-electron chi connectivity index (χ2n) is 6.07. The number of nitrogens with two attached hydrogens (primary N) is 1. The molecule has 1 unspecified atom stereocenters. The van der Waals surface area contributed by atoms with Crippen LogP contribution in [0.3, 0.4) is 0 Å². The van der Waals surface area contributed by atoms with Crippen molar-refractivity contribution in [2.24, 2.45) is 5.73 Å². The Kier molecular flexibility index (Phi) is 4.88. The fourth-order valence-corrected chi connectivity index (χ4v) is 3.17. The molecule has 106 valence electrons. The van der Waals surface area contributed by atoms with E-state index < -0.39 is 0 Å². The van der Waals surface area contributed by atoms with E-state index in [1.165, 1.54) is 24.8 Å². The van der Waals surface area contributed by atoms with Crippen molar-refractivity contribution < 1.29 is 0 Å². The highest BCUT2D eigenvalue weighted by atomic mass is 35.5. The highest BCUT2D eigenvalue weighted by Crippen LogP contribution is 2.29. The predicted octanol–water partition coefficient (Wildman–Crippen LogP) is 3.99. The molecule has 0 amide bonds. The van der Waals surface area contributed by atoms with E-state index in [1.807, 2.05) is 12.1 Å². The molecule has 2 rings (SSSR count). The van der Waals surface area contributed by atoms with Crippen molar-refractivity contribution in [1.29, 1.82) is 0 Å². The Bertz CT molecular complexity index is 396. The van der Waals surface area contributed by atoms with Crippen LogP contribution in [0.15, 0.2) is 24.3 Å². The van der Waals surface area contributed by atoms with Crippen LogP contribution in [0.2, 0.25) is 5.02 Å². The lowest BCUT2D eigenvalue weighted by atomic mass is 9.82. The van der Waals surface area contributed by atoms with Gasteiger partial charge in [0.15, 0.2) is 0 Å². The van der Waals surface area contributed by atoms with Crippen LogP contribution >= 0.6 is 11.6 Å². The number of halogens is 1. The molecule has 0 spiro atoms. The molecule has 1 atom stereocenters. The highest BCUT2D eigenvalue weighted by Gasteiger charge is 2.30. The van der Waals surface area contributed by atoms with E-state index in [9.17, 15) is 0 Å². The molecule has 0 bridgehead atoms. The quantitative estimate of drug-likeness (QED) is 0.903. The van der Waals surface area contributed by atoms with E-state index >= 15 is 0 Å². The number of benzene rings is 1. The van der Waals surface area contributed by atoms with Crippen molar-refractivity contribution >= 4 is 11.6 Å². The Morgan fingerprint density at radius 2 is 1.79 bits per heavy atom. The van der Waals surface area contributed by atoms with E-state index in [1.54, 1.807) is 0 Å². The molecular weight excluding hydrogens is 256 g/mol. The second-order valence-corrected chi connectivity index (χ2v) is 6.50. The van der Waals surface area contributed by atoms with E-state index in [0.717, 1.165) is 24.4 Å². The lowest BCUT2D eigenvalue weighted by molar-refractivity contribution is 0.165. The summed E-state index contributed by atoms with van der Waals surface area (Å²) in [5.74, 6) is 0. The van der Waals surface area contributed by atoms with Gasteiger partial charge in [-0.15, -0.1) is 0 Å². The van der Waals surface area contributed by atoms with Gasteiger partial charge in [0.05, 0.1) is 0 Å². The smallest absolute Gasteiger partial charge is 0.0406 e. The maximum Gasteiger partial charge on any atom is 0.0406 e. The van der Waals surface area contributed by atoms with Gasteiger partial charge in [-0.2, -0.15) is 0 Å². The molecule has 1 aromatic carbocycles. The Hall–Kier alpha value is -0.570. The molecule has 0 aromatic heterocycles. The van der Waals surface area contributed by atoms with E-state index in [2.05, 4.69) is 31.0 Å². The lowest BCUT2D eigenvalue weighted by Gasteiger charge is -2.39. The molecule has 1 fully saturated rings. The summed E-state index contributed by atoms with van der Waals surface area (Å²) in [5, 5.41) is 0.793. The minimum Gasteiger partial charge on any atom is -0.324 e. The van der Waals surface area contributed by atoms with E-state index in [0.29, 0.717) is 6.04 Å². The summed E-state index contributed by atoms with van der Waals surface area (Å²) in [4.78, 5) is 2.37. The largest absolute Gasteiger partial charge is 0.324 e. The van der Waals surface area contributed by atoms with E-state index in [-0.39, 0.29) is 5.54 Å². The monoisotopic (exact) mass is 280 g/mol. The minimum absolute atomic E-state index is 0.00762. The standard InChI is InChI=1S/C16H25ClN2/c1-13(14-6-8-15(17)9-7-14)19(2)12-16(18)10-4-3-5-11-16/h6-9,13H,3-5,10-12,18H2,1-2H3. The summed E-state index contributed by atoms with van der Waals surface area (Å²) in [7, 11) is 2.17. The van der Waals surface area contributed by atoms with Crippen LogP contribution in [0.1, 0.15) is 50.6 Å². The van der Waals surface area contributed by atoms with Crippen molar-refractivity contribution in [2.45, 2.75) is 50.6 Å². The Morgan fingerprint density at radius 3 is 2.37 bits per heavy atom. The first kappa shape index (κ1) is 14.8. The summed E-state index contributed by atoms with van der Waals surface area (Å²) >= 11 is 5.94. The molecular formula is C16H25ClN2. The van der Waals surface area contributed by atoms with Crippen molar-refractivity contribution in [1.82, 2.24) is 4.90 Å². The van der Waals surface area contributed by atoms with Crippen LogP contribution in [-0.2, 0) is 0 Å². The van der Waals surface area contributed by atoms with Crippen LogP contribution in [0.25, 0.3) is 0 Å². The Balaban J connectivity index is 1.98. The van der Waals surface area contributed by atoms with Gasteiger partial charge in [0.25, 0.3) is 0 Å². The van der Waals surface area contributed by atoms with Gasteiger partial charge in [0.2, 0.25) is 0 Å². The summed E-state index contributed by atoms with van der Waals surface area (Å²) in [5.41, 5.74) is 7.84. The molecule has 0 heterocycles.